The first-order valence-electron chi connectivity index (χ1n) is 6.06. The van der Waals surface area contributed by atoms with Gasteiger partial charge in [-0.05, 0) is 37.6 Å². The number of benzene rings is 1. The molecule has 0 aliphatic carbocycles. The number of aromatic nitrogens is 1. The molecule has 0 amide bonds. The maximum Gasteiger partial charge on any atom is 0.328 e. The number of carbonyl (C=O) groups is 1. The fourth-order valence-corrected chi connectivity index (χ4v) is 1.93. The topological polar surface area (TPSA) is 59.4 Å². The highest BCUT2D eigenvalue weighted by Crippen LogP contribution is 2.27. The molecule has 0 fully saturated rings. The lowest BCUT2D eigenvalue weighted by Crippen LogP contribution is -1.96. The Bertz CT molecular complexity index is 647. The molecule has 1 aromatic heterocycles. The summed E-state index contributed by atoms with van der Waals surface area (Å²) >= 11 is 0. The van der Waals surface area contributed by atoms with Gasteiger partial charge in [0.15, 0.2) is 0 Å². The normalized spacial score (nSPS) is 11.1. The molecule has 2 aromatic rings. The molecule has 4 heteroatoms. The summed E-state index contributed by atoms with van der Waals surface area (Å²) in [4.78, 5) is 15.0. The summed E-state index contributed by atoms with van der Waals surface area (Å²) in [6.07, 6.45) is 2.56. The Morgan fingerprint density at radius 3 is 2.95 bits per heavy atom. The van der Waals surface area contributed by atoms with Crippen molar-refractivity contribution in [2.45, 2.75) is 13.8 Å². The van der Waals surface area contributed by atoms with E-state index in [1.54, 1.807) is 0 Å². The molecular weight excluding hydrogens is 242 g/mol. The van der Waals surface area contributed by atoms with Crippen LogP contribution in [0.25, 0.3) is 17.0 Å². The van der Waals surface area contributed by atoms with Crippen LogP contribution in [-0.2, 0) is 4.79 Å². The van der Waals surface area contributed by atoms with Gasteiger partial charge in [0.2, 0.25) is 0 Å². The highest BCUT2D eigenvalue weighted by molar-refractivity contribution is 5.89. The summed E-state index contributed by atoms with van der Waals surface area (Å²) in [7, 11) is 0. The van der Waals surface area contributed by atoms with Gasteiger partial charge in [-0.15, -0.1) is 0 Å². The van der Waals surface area contributed by atoms with Crippen molar-refractivity contribution in [3.05, 3.63) is 41.6 Å². The van der Waals surface area contributed by atoms with Gasteiger partial charge < -0.3 is 9.84 Å². The molecule has 0 radical (unpaired) electrons. The quantitative estimate of drug-likeness (QED) is 0.855. The van der Waals surface area contributed by atoms with E-state index >= 15 is 0 Å². The van der Waals surface area contributed by atoms with E-state index in [2.05, 4.69) is 4.98 Å². The van der Waals surface area contributed by atoms with E-state index in [0.717, 1.165) is 22.5 Å². The third kappa shape index (κ3) is 2.91. The number of aliphatic carboxylic acids is 1. The van der Waals surface area contributed by atoms with Gasteiger partial charge in [0.25, 0.3) is 0 Å². The Labute approximate surface area is 111 Å². The lowest BCUT2D eigenvalue weighted by atomic mass is 10.1. The van der Waals surface area contributed by atoms with Crippen LogP contribution in [0, 0.1) is 6.92 Å². The zero-order chi connectivity index (χ0) is 13.8. The lowest BCUT2D eigenvalue weighted by molar-refractivity contribution is -0.131. The Morgan fingerprint density at radius 2 is 2.26 bits per heavy atom. The average molecular weight is 257 g/mol. The number of fused-ring (bicyclic) bond motifs is 1. The molecule has 1 aromatic carbocycles. The van der Waals surface area contributed by atoms with Gasteiger partial charge in [-0.3, -0.25) is 0 Å². The largest absolute Gasteiger partial charge is 0.492 e. The van der Waals surface area contributed by atoms with Gasteiger partial charge in [-0.2, -0.15) is 0 Å². The van der Waals surface area contributed by atoms with Crippen molar-refractivity contribution in [1.29, 1.82) is 0 Å². The molecule has 0 saturated carbocycles. The van der Waals surface area contributed by atoms with Gasteiger partial charge in [-0.1, -0.05) is 12.1 Å². The molecular formula is C15H15NO3. The maximum atomic E-state index is 10.6. The van der Waals surface area contributed by atoms with Crippen LogP contribution in [0.3, 0.4) is 0 Å². The minimum Gasteiger partial charge on any atom is -0.492 e. The smallest absolute Gasteiger partial charge is 0.328 e. The van der Waals surface area contributed by atoms with Crippen molar-refractivity contribution < 1.29 is 14.6 Å². The number of aryl methyl sites for hydroxylation is 1. The zero-order valence-corrected chi connectivity index (χ0v) is 10.9. The van der Waals surface area contributed by atoms with Gasteiger partial charge in [0.1, 0.15) is 11.3 Å². The summed E-state index contributed by atoms with van der Waals surface area (Å²) in [6, 6.07) is 7.63. The number of hydrogen-bond donors (Lipinski definition) is 1. The molecule has 4 nitrogen and oxygen atoms in total. The molecule has 1 heterocycles. The van der Waals surface area contributed by atoms with E-state index in [9.17, 15) is 4.79 Å². The van der Waals surface area contributed by atoms with Crippen LogP contribution in [0.2, 0.25) is 0 Å². The Balaban J connectivity index is 2.58. The van der Waals surface area contributed by atoms with E-state index in [-0.39, 0.29) is 0 Å². The molecule has 0 bridgehead atoms. The summed E-state index contributed by atoms with van der Waals surface area (Å²) < 4.78 is 5.55. The van der Waals surface area contributed by atoms with Crippen LogP contribution in [0.15, 0.2) is 30.3 Å². The fourth-order valence-electron chi connectivity index (χ4n) is 1.93. The Morgan fingerprint density at radius 1 is 1.47 bits per heavy atom. The number of pyridine rings is 1. The number of carboxylic acid groups (broad SMARTS) is 1. The number of nitrogens with zero attached hydrogens (tertiary/aromatic N) is 1. The minimum atomic E-state index is -0.988. The number of rotatable bonds is 4. The summed E-state index contributed by atoms with van der Waals surface area (Å²) in [6.45, 7) is 4.45. The van der Waals surface area contributed by atoms with Gasteiger partial charge in [0.05, 0.1) is 12.3 Å². The van der Waals surface area contributed by atoms with Crippen LogP contribution in [0.1, 0.15) is 18.2 Å². The highest BCUT2D eigenvalue weighted by atomic mass is 16.5. The van der Waals surface area contributed by atoms with Gasteiger partial charge >= 0.3 is 5.97 Å². The van der Waals surface area contributed by atoms with Crippen molar-refractivity contribution in [3.8, 4) is 5.75 Å². The van der Waals surface area contributed by atoms with E-state index < -0.39 is 5.97 Å². The molecule has 0 unspecified atom stereocenters. The summed E-state index contributed by atoms with van der Waals surface area (Å²) in [5, 5.41) is 9.67. The second-order valence-corrected chi connectivity index (χ2v) is 4.12. The monoisotopic (exact) mass is 257 g/mol. The van der Waals surface area contributed by atoms with E-state index in [1.807, 2.05) is 38.1 Å². The molecule has 98 valence electrons. The standard InChI is InChI=1S/C15H15NO3/c1-3-19-13-6-4-5-12-10(2)9-11(16-15(12)13)7-8-14(17)18/h4-9H,3H2,1-2H3,(H,17,18)/b8-7+. The van der Waals surface area contributed by atoms with E-state index in [4.69, 9.17) is 9.84 Å². The first-order chi connectivity index (χ1) is 9.11. The van der Waals surface area contributed by atoms with Crippen LogP contribution in [0.5, 0.6) is 5.75 Å². The van der Waals surface area contributed by atoms with Crippen molar-refractivity contribution in [3.63, 3.8) is 0 Å². The molecule has 0 aliphatic rings. The molecule has 0 aliphatic heterocycles. The lowest BCUT2D eigenvalue weighted by Gasteiger charge is -2.09. The predicted molar refractivity (Wildman–Crippen MR) is 74.3 cm³/mol. The molecule has 2 rings (SSSR count). The minimum absolute atomic E-state index is 0.565. The Kier molecular flexibility index (Phi) is 3.80. The third-order valence-corrected chi connectivity index (χ3v) is 2.73. The molecule has 1 N–H and O–H groups in total. The number of para-hydroxylation sites is 1. The van der Waals surface area contributed by atoms with E-state index in [0.29, 0.717) is 18.1 Å². The van der Waals surface area contributed by atoms with E-state index in [1.165, 1.54) is 6.08 Å². The van der Waals surface area contributed by atoms with Gasteiger partial charge in [-0.25, -0.2) is 9.78 Å². The number of carboxylic acids is 1. The van der Waals surface area contributed by atoms with Crippen molar-refractivity contribution in [2.24, 2.45) is 0 Å². The van der Waals surface area contributed by atoms with Crippen LogP contribution in [0.4, 0.5) is 0 Å². The second kappa shape index (κ2) is 5.52. The second-order valence-electron chi connectivity index (χ2n) is 4.12. The predicted octanol–water partition coefficient (Wildman–Crippen LogP) is 3.04. The summed E-state index contributed by atoms with van der Waals surface area (Å²) in [5.74, 6) is -0.272. The number of hydrogen-bond acceptors (Lipinski definition) is 3. The zero-order valence-electron chi connectivity index (χ0n) is 10.9. The highest BCUT2D eigenvalue weighted by Gasteiger charge is 2.06. The number of ether oxygens (including phenoxy) is 1. The maximum absolute atomic E-state index is 10.6. The molecule has 0 saturated heterocycles. The van der Waals surface area contributed by atoms with Crippen LogP contribution in [-0.4, -0.2) is 22.7 Å². The van der Waals surface area contributed by atoms with Gasteiger partial charge in [0, 0.05) is 11.5 Å². The first-order valence-corrected chi connectivity index (χ1v) is 6.06. The first kappa shape index (κ1) is 13.1. The molecule has 0 spiro atoms. The van der Waals surface area contributed by atoms with Crippen molar-refractivity contribution >= 4 is 22.9 Å². The van der Waals surface area contributed by atoms with Crippen LogP contribution < -0.4 is 4.74 Å². The van der Waals surface area contributed by atoms with Crippen molar-refractivity contribution in [2.75, 3.05) is 6.61 Å². The van der Waals surface area contributed by atoms with Crippen molar-refractivity contribution in [1.82, 2.24) is 4.98 Å². The molecule has 19 heavy (non-hydrogen) atoms. The Hall–Kier alpha value is -2.36. The van der Waals surface area contributed by atoms with Crippen LogP contribution >= 0.6 is 0 Å². The summed E-state index contributed by atoms with van der Waals surface area (Å²) in [5.41, 5.74) is 2.41. The third-order valence-electron chi connectivity index (χ3n) is 2.73. The SMILES string of the molecule is CCOc1cccc2c(C)cc(/C=C/C(=O)O)nc12. The average Bonchev–Trinajstić information content (AvgIpc) is 2.38. The molecule has 0 atom stereocenters. The fraction of sp³-hybridized carbons (Fsp3) is 0.200.